The molecular weight excluding hydrogens is 324 g/mol. The summed E-state index contributed by atoms with van der Waals surface area (Å²) in [7, 11) is 3.92. The van der Waals surface area contributed by atoms with Gasteiger partial charge in [-0.05, 0) is 50.2 Å². The fourth-order valence-electron chi connectivity index (χ4n) is 2.01. The van der Waals surface area contributed by atoms with Gasteiger partial charge < -0.3 is 21.3 Å². The number of amides is 2. The standard InChI is InChI=1S/C17H28N4O2S/c1-21(2)9-8-19-16(22)14-6-4-5-13(11-14)12-20-17(23)15(18)7-10-24-3/h4-6,11,15H,7-10,12,18H2,1-3H3,(H,19,22)(H,20,23)/t15-/m0/s1. The molecule has 0 unspecified atom stereocenters. The van der Waals surface area contributed by atoms with Crippen LogP contribution in [0.1, 0.15) is 22.3 Å². The average Bonchev–Trinajstić information content (AvgIpc) is 2.57. The Hall–Kier alpha value is -1.57. The molecule has 1 aromatic carbocycles. The lowest BCUT2D eigenvalue weighted by Crippen LogP contribution is -2.40. The Kier molecular flexibility index (Phi) is 9.44. The minimum absolute atomic E-state index is 0.110. The Morgan fingerprint density at radius 2 is 2.04 bits per heavy atom. The second-order valence-corrected chi connectivity index (χ2v) is 6.85. The van der Waals surface area contributed by atoms with Crippen molar-refractivity contribution in [2.45, 2.75) is 19.0 Å². The molecule has 0 radical (unpaired) electrons. The Balaban J connectivity index is 2.50. The van der Waals surface area contributed by atoms with Crippen molar-refractivity contribution in [2.24, 2.45) is 5.73 Å². The van der Waals surface area contributed by atoms with Crippen molar-refractivity contribution in [2.75, 3.05) is 39.2 Å². The summed E-state index contributed by atoms with van der Waals surface area (Å²) < 4.78 is 0. The smallest absolute Gasteiger partial charge is 0.251 e. The highest BCUT2D eigenvalue weighted by atomic mass is 32.2. The number of benzene rings is 1. The molecule has 2 amide bonds. The number of hydrogen-bond acceptors (Lipinski definition) is 5. The number of carbonyl (C=O) groups is 2. The first kappa shape index (κ1) is 20.5. The molecule has 0 saturated carbocycles. The first-order valence-electron chi connectivity index (χ1n) is 7.98. The van der Waals surface area contributed by atoms with Gasteiger partial charge in [0.2, 0.25) is 5.91 Å². The number of rotatable bonds is 10. The molecule has 134 valence electrons. The van der Waals surface area contributed by atoms with Crippen LogP contribution < -0.4 is 16.4 Å². The van der Waals surface area contributed by atoms with Crippen molar-refractivity contribution in [1.29, 1.82) is 0 Å². The van der Waals surface area contributed by atoms with Gasteiger partial charge >= 0.3 is 0 Å². The van der Waals surface area contributed by atoms with Crippen molar-refractivity contribution in [3.05, 3.63) is 35.4 Å². The molecule has 0 fully saturated rings. The maximum Gasteiger partial charge on any atom is 0.251 e. The Morgan fingerprint density at radius 3 is 2.71 bits per heavy atom. The van der Waals surface area contributed by atoms with Crippen molar-refractivity contribution < 1.29 is 9.59 Å². The van der Waals surface area contributed by atoms with Crippen LogP contribution in [0.3, 0.4) is 0 Å². The van der Waals surface area contributed by atoms with Gasteiger partial charge in [-0.3, -0.25) is 9.59 Å². The summed E-state index contributed by atoms with van der Waals surface area (Å²) >= 11 is 1.67. The van der Waals surface area contributed by atoms with Gasteiger partial charge in [-0.1, -0.05) is 12.1 Å². The van der Waals surface area contributed by atoms with Gasteiger partial charge in [0, 0.05) is 25.2 Å². The molecule has 0 aliphatic carbocycles. The zero-order valence-electron chi connectivity index (χ0n) is 14.7. The molecule has 0 bridgehead atoms. The molecule has 0 aliphatic rings. The second-order valence-electron chi connectivity index (χ2n) is 5.87. The molecule has 0 saturated heterocycles. The quantitative estimate of drug-likeness (QED) is 0.576. The molecule has 0 spiro atoms. The van der Waals surface area contributed by atoms with Crippen LogP contribution in [0.25, 0.3) is 0 Å². The molecule has 1 aromatic rings. The van der Waals surface area contributed by atoms with Crippen LogP contribution in [0.4, 0.5) is 0 Å². The van der Waals surface area contributed by atoms with Crippen molar-refractivity contribution in [1.82, 2.24) is 15.5 Å². The van der Waals surface area contributed by atoms with Gasteiger partial charge in [-0.2, -0.15) is 11.8 Å². The Labute approximate surface area is 148 Å². The largest absolute Gasteiger partial charge is 0.351 e. The molecule has 0 aliphatic heterocycles. The zero-order valence-corrected chi connectivity index (χ0v) is 15.5. The number of carbonyl (C=O) groups excluding carboxylic acids is 2. The minimum Gasteiger partial charge on any atom is -0.351 e. The van der Waals surface area contributed by atoms with Crippen LogP contribution in [0.15, 0.2) is 24.3 Å². The lowest BCUT2D eigenvalue weighted by molar-refractivity contribution is -0.122. The van der Waals surface area contributed by atoms with E-state index in [9.17, 15) is 9.59 Å². The molecule has 6 nitrogen and oxygen atoms in total. The average molecular weight is 353 g/mol. The van der Waals surface area contributed by atoms with Gasteiger partial charge in [-0.15, -0.1) is 0 Å². The predicted octanol–water partition coefficient (Wildman–Crippen LogP) is 0.675. The van der Waals surface area contributed by atoms with Crippen LogP contribution >= 0.6 is 11.8 Å². The SMILES string of the molecule is CSCC[C@H](N)C(=O)NCc1cccc(C(=O)NCCN(C)C)c1. The van der Waals surface area contributed by atoms with Crippen LogP contribution in [-0.2, 0) is 11.3 Å². The number of likely N-dealkylation sites (N-methyl/N-ethyl adjacent to an activating group) is 1. The first-order chi connectivity index (χ1) is 11.4. The van der Waals surface area contributed by atoms with Gasteiger partial charge in [0.25, 0.3) is 5.91 Å². The molecule has 1 rings (SSSR count). The Bertz CT molecular complexity index is 537. The number of nitrogens with zero attached hydrogens (tertiary/aromatic N) is 1. The summed E-state index contributed by atoms with van der Waals surface area (Å²) in [5.41, 5.74) is 7.30. The van der Waals surface area contributed by atoms with E-state index in [4.69, 9.17) is 5.73 Å². The highest BCUT2D eigenvalue weighted by Crippen LogP contribution is 2.06. The molecular formula is C17H28N4O2S. The third-order valence-corrected chi connectivity index (χ3v) is 4.11. The van der Waals surface area contributed by atoms with Crippen LogP contribution in [-0.4, -0.2) is 61.9 Å². The van der Waals surface area contributed by atoms with E-state index < -0.39 is 6.04 Å². The minimum atomic E-state index is -0.491. The lowest BCUT2D eigenvalue weighted by atomic mass is 10.1. The zero-order chi connectivity index (χ0) is 17.9. The highest BCUT2D eigenvalue weighted by molar-refractivity contribution is 7.98. The first-order valence-corrected chi connectivity index (χ1v) is 9.37. The van der Waals surface area contributed by atoms with Crippen LogP contribution in [0, 0.1) is 0 Å². The van der Waals surface area contributed by atoms with Crippen molar-refractivity contribution in [3.63, 3.8) is 0 Å². The number of hydrogen-bond donors (Lipinski definition) is 3. The Morgan fingerprint density at radius 1 is 1.29 bits per heavy atom. The number of nitrogens with one attached hydrogen (secondary N) is 2. The number of thioether (sulfide) groups is 1. The predicted molar refractivity (Wildman–Crippen MR) is 100 cm³/mol. The van der Waals surface area contributed by atoms with E-state index in [1.165, 1.54) is 0 Å². The van der Waals surface area contributed by atoms with E-state index >= 15 is 0 Å². The third-order valence-electron chi connectivity index (χ3n) is 3.47. The summed E-state index contributed by atoms with van der Waals surface area (Å²) in [4.78, 5) is 26.0. The van der Waals surface area contributed by atoms with E-state index in [0.717, 1.165) is 17.9 Å². The number of nitrogens with two attached hydrogens (primary N) is 1. The summed E-state index contributed by atoms with van der Waals surface area (Å²) in [6.45, 7) is 1.75. The molecule has 7 heteroatoms. The molecule has 0 aromatic heterocycles. The molecule has 4 N–H and O–H groups in total. The van der Waals surface area contributed by atoms with Crippen molar-refractivity contribution in [3.8, 4) is 0 Å². The van der Waals surface area contributed by atoms with Crippen LogP contribution in [0.5, 0.6) is 0 Å². The van der Waals surface area contributed by atoms with E-state index in [1.54, 1.807) is 23.9 Å². The highest BCUT2D eigenvalue weighted by Gasteiger charge is 2.12. The molecule has 24 heavy (non-hydrogen) atoms. The fourth-order valence-corrected chi connectivity index (χ4v) is 2.50. The van der Waals surface area contributed by atoms with Gasteiger partial charge in [0.1, 0.15) is 0 Å². The van der Waals surface area contributed by atoms with Gasteiger partial charge in [0.15, 0.2) is 0 Å². The van der Waals surface area contributed by atoms with Crippen LogP contribution in [0.2, 0.25) is 0 Å². The van der Waals surface area contributed by atoms with E-state index in [-0.39, 0.29) is 11.8 Å². The fraction of sp³-hybridized carbons (Fsp3) is 0.529. The maximum atomic E-state index is 12.1. The van der Waals surface area contributed by atoms with Crippen molar-refractivity contribution >= 4 is 23.6 Å². The summed E-state index contributed by atoms with van der Waals surface area (Å²) in [6, 6.07) is 6.76. The molecule has 0 heterocycles. The maximum absolute atomic E-state index is 12.1. The summed E-state index contributed by atoms with van der Waals surface area (Å²) in [5.74, 6) is 0.587. The third kappa shape index (κ3) is 7.81. The monoisotopic (exact) mass is 352 g/mol. The summed E-state index contributed by atoms with van der Waals surface area (Å²) in [5, 5.41) is 5.69. The van der Waals surface area contributed by atoms with E-state index in [1.807, 2.05) is 37.4 Å². The normalized spacial score (nSPS) is 12.0. The van der Waals surface area contributed by atoms with Gasteiger partial charge in [0.05, 0.1) is 6.04 Å². The molecule has 1 atom stereocenters. The summed E-state index contributed by atoms with van der Waals surface area (Å²) in [6.07, 6.45) is 2.64. The topological polar surface area (TPSA) is 87.5 Å². The lowest BCUT2D eigenvalue weighted by Gasteiger charge is -2.13. The second kappa shape index (κ2) is 11.1. The van der Waals surface area contributed by atoms with E-state index in [2.05, 4.69) is 10.6 Å². The van der Waals surface area contributed by atoms with Gasteiger partial charge in [-0.25, -0.2) is 0 Å². The van der Waals surface area contributed by atoms with E-state index in [0.29, 0.717) is 25.1 Å².